The molecule has 4 rings (SSSR count). The molecular weight excluding hydrogens is 328 g/mol. The number of hydrogen-bond donors (Lipinski definition) is 3. The van der Waals surface area contributed by atoms with Crippen molar-refractivity contribution in [1.29, 1.82) is 0 Å². The highest BCUT2D eigenvalue weighted by Crippen LogP contribution is 2.25. The SMILES string of the molecule is C=[N+]1N=Cc2ccc(NC(=O)NCCc3ccc4c(n3)NCCC4)cc21. The molecule has 26 heavy (non-hydrogen) atoms. The second-order valence-electron chi connectivity index (χ2n) is 6.39. The highest BCUT2D eigenvalue weighted by Gasteiger charge is 2.19. The van der Waals surface area contributed by atoms with Gasteiger partial charge in [0.15, 0.2) is 6.72 Å². The molecule has 0 atom stereocenters. The number of anilines is 2. The van der Waals surface area contributed by atoms with Crippen LogP contribution in [-0.4, -0.2) is 41.7 Å². The number of carbonyl (C=O) groups is 1. The summed E-state index contributed by atoms with van der Waals surface area (Å²) in [6, 6.07) is 9.53. The van der Waals surface area contributed by atoms with Gasteiger partial charge in [0.2, 0.25) is 5.69 Å². The van der Waals surface area contributed by atoms with Crippen molar-refractivity contribution in [3.05, 3.63) is 47.2 Å². The van der Waals surface area contributed by atoms with Crippen molar-refractivity contribution in [2.24, 2.45) is 5.10 Å². The summed E-state index contributed by atoms with van der Waals surface area (Å²) in [5.74, 6) is 0.983. The molecule has 1 aromatic carbocycles. The molecular formula is C19H21N6O+. The molecule has 0 spiro atoms. The van der Waals surface area contributed by atoms with Crippen molar-refractivity contribution < 1.29 is 9.48 Å². The quantitative estimate of drug-likeness (QED) is 0.742. The number of aryl methyl sites for hydroxylation is 1. The van der Waals surface area contributed by atoms with Crippen molar-refractivity contribution in [3.8, 4) is 0 Å². The van der Waals surface area contributed by atoms with Gasteiger partial charge in [-0.2, -0.15) is 0 Å². The number of amides is 2. The van der Waals surface area contributed by atoms with Crippen molar-refractivity contribution >= 4 is 36.2 Å². The standard InChI is InChI=1S/C19H20N6O/c1-25-17-11-16(7-5-14(17)12-22-25)24-19(26)21-10-8-15-6-4-13-3-2-9-20-18(13)23-15/h4-7,11-12H,1-3,8-10H2,(H2-,20,21,22,23,24,26)/p+1. The van der Waals surface area contributed by atoms with E-state index < -0.39 is 0 Å². The minimum atomic E-state index is -0.240. The summed E-state index contributed by atoms with van der Waals surface area (Å²) in [7, 11) is 0. The molecule has 7 nitrogen and oxygen atoms in total. The zero-order valence-corrected chi connectivity index (χ0v) is 14.5. The third-order valence-corrected chi connectivity index (χ3v) is 4.52. The van der Waals surface area contributed by atoms with Crippen LogP contribution in [0.1, 0.15) is 23.2 Å². The average molecular weight is 349 g/mol. The number of aromatic nitrogens is 1. The van der Waals surface area contributed by atoms with Gasteiger partial charge in [0.05, 0.1) is 5.56 Å². The first-order valence-corrected chi connectivity index (χ1v) is 8.75. The van der Waals surface area contributed by atoms with Gasteiger partial charge in [0.25, 0.3) is 0 Å². The van der Waals surface area contributed by atoms with E-state index in [2.05, 4.69) is 38.8 Å². The Labute approximate surface area is 151 Å². The molecule has 3 heterocycles. The molecule has 0 aliphatic carbocycles. The lowest BCUT2D eigenvalue weighted by Crippen LogP contribution is -2.30. The summed E-state index contributed by atoms with van der Waals surface area (Å²) < 4.78 is 1.54. The van der Waals surface area contributed by atoms with Crippen LogP contribution in [0.5, 0.6) is 0 Å². The summed E-state index contributed by atoms with van der Waals surface area (Å²) in [6.45, 7) is 5.30. The predicted molar refractivity (Wildman–Crippen MR) is 103 cm³/mol. The van der Waals surface area contributed by atoms with Crippen molar-refractivity contribution in [1.82, 2.24) is 10.3 Å². The van der Waals surface area contributed by atoms with Crippen molar-refractivity contribution in [2.45, 2.75) is 19.3 Å². The maximum Gasteiger partial charge on any atom is 0.319 e. The molecule has 0 fully saturated rings. The molecule has 0 unspecified atom stereocenters. The molecule has 2 aliphatic heterocycles. The Morgan fingerprint density at radius 1 is 1.31 bits per heavy atom. The monoisotopic (exact) mass is 349 g/mol. The van der Waals surface area contributed by atoms with Crippen molar-refractivity contribution in [2.75, 3.05) is 23.7 Å². The Morgan fingerprint density at radius 2 is 2.23 bits per heavy atom. The minimum Gasteiger partial charge on any atom is -0.370 e. The predicted octanol–water partition coefficient (Wildman–Crippen LogP) is 2.50. The van der Waals surface area contributed by atoms with E-state index in [9.17, 15) is 4.79 Å². The third kappa shape index (κ3) is 3.42. The zero-order chi connectivity index (χ0) is 17.9. The Hall–Kier alpha value is -3.22. The molecule has 0 saturated carbocycles. The number of benzene rings is 1. The number of urea groups is 1. The fraction of sp³-hybridized carbons (Fsp3) is 0.263. The Bertz CT molecular complexity index is 905. The van der Waals surface area contributed by atoms with Crippen LogP contribution >= 0.6 is 0 Å². The molecule has 0 bridgehead atoms. The maximum absolute atomic E-state index is 12.1. The summed E-state index contributed by atoms with van der Waals surface area (Å²) in [5.41, 5.74) is 4.80. The Morgan fingerprint density at radius 3 is 3.15 bits per heavy atom. The van der Waals surface area contributed by atoms with Gasteiger partial charge in [-0.25, -0.2) is 9.78 Å². The van der Waals surface area contributed by atoms with Crippen LogP contribution in [0.4, 0.5) is 22.0 Å². The lowest BCUT2D eigenvalue weighted by molar-refractivity contribution is -0.430. The topological polar surface area (TPSA) is 81.4 Å². The maximum atomic E-state index is 12.1. The Balaban J connectivity index is 1.29. The fourth-order valence-electron chi connectivity index (χ4n) is 3.14. The molecule has 7 heteroatoms. The van der Waals surface area contributed by atoms with Gasteiger partial charge in [-0.05, 0) is 41.7 Å². The van der Waals surface area contributed by atoms with Gasteiger partial charge >= 0.3 is 6.03 Å². The van der Waals surface area contributed by atoms with Crippen LogP contribution in [-0.2, 0) is 12.8 Å². The lowest BCUT2D eigenvalue weighted by Gasteiger charge is -2.17. The van der Waals surface area contributed by atoms with E-state index in [4.69, 9.17) is 0 Å². The number of hydrogen-bond acceptors (Lipinski definition) is 4. The molecule has 2 aliphatic rings. The van der Waals surface area contributed by atoms with Crippen LogP contribution in [0.15, 0.2) is 35.4 Å². The highest BCUT2D eigenvalue weighted by atomic mass is 16.2. The van der Waals surface area contributed by atoms with Crippen LogP contribution in [0.3, 0.4) is 0 Å². The van der Waals surface area contributed by atoms with Gasteiger partial charge in [-0.15, -0.1) is 0 Å². The lowest BCUT2D eigenvalue weighted by atomic mass is 10.1. The summed E-state index contributed by atoms with van der Waals surface area (Å²) in [5, 5.41) is 13.1. The normalized spacial score (nSPS) is 14.4. The summed E-state index contributed by atoms with van der Waals surface area (Å²) >= 11 is 0. The number of nitrogens with one attached hydrogen (secondary N) is 3. The first-order valence-electron chi connectivity index (χ1n) is 8.75. The van der Waals surface area contributed by atoms with Gasteiger partial charge in [-0.3, -0.25) is 0 Å². The molecule has 1 aromatic heterocycles. The van der Waals surface area contributed by atoms with Crippen LogP contribution in [0, 0.1) is 0 Å². The van der Waals surface area contributed by atoms with E-state index in [-0.39, 0.29) is 6.03 Å². The van der Waals surface area contributed by atoms with Gasteiger partial charge < -0.3 is 16.0 Å². The van der Waals surface area contributed by atoms with E-state index in [1.54, 1.807) is 6.21 Å². The molecule has 132 valence electrons. The zero-order valence-electron chi connectivity index (χ0n) is 14.5. The number of fused-ring (bicyclic) bond motifs is 2. The first-order chi connectivity index (χ1) is 12.7. The van der Waals surface area contributed by atoms with E-state index in [1.807, 2.05) is 24.3 Å². The van der Waals surface area contributed by atoms with Crippen LogP contribution < -0.4 is 16.0 Å². The number of rotatable bonds is 4. The van der Waals surface area contributed by atoms with E-state index in [0.717, 1.165) is 42.1 Å². The van der Waals surface area contributed by atoms with E-state index in [1.165, 1.54) is 10.2 Å². The highest BCUT2D eigenvalue weighted by molar-refractivity contribution is 5.92. The molecule has 2 aromatic rings. The number of carbonyl (C=O) groups excluding carboxylic acids is 1. The first kappa shape index (κ1) is 16.3. The third-order valence-electron chi connectivity index (χ3n) is 4.52. The van der Waals surface area contributed by atoms with Gasteiger partial charge in [0, 0.05) is 37.0 Å². The van der Waals surface area contributed by atoms with Crippen LogP contribution in [0.2, 0.25) is 0 Å². The average Bonchev–Trinajstić information content (AvgIpc) is 3.02. The van der Waals surface area contributed by atoms with Crippen LogP contribution in [0.25, 0.3) is 0 Å². The van der Waals surface area contributed by atoms with Gasteiger partial charge in [0.1, 0.15) is 12.0 Å². The number of nitrogens with zero attached hydrogens (tertiary/aromatic N) is 3. The number of hydrazone groups is 1. The second kappa shape index (κ2) is 6.95. The molecule has 3 N–H and O–H groups in total. The molecule has 2 amide bonds. The fourth-order valence-corrected chi connectivity index (χ4v) is 3.14. The molecule has 0 radical (unpaired) electrons. The summed E-state index contributed by atoms with van der Waals surface area (Å²) in [6.07, 6.45) is 4.66. The smallest absolute Gasteiger partial charge is 0.319 e. The number of pyridine rings is 1. The van der Waals surface area contributed by atoms with Crippen molar-refractivity contribution in [3.63, 3.8) is 0 Å². The van der Waals surface area contributed by atoms with E-state index in [0.29, 0.717) is 18.7 Å². The molecule has 0 saturated heterocycles. The largest absolute Gasteiger partial charge is 0.370 e. The summed E-state index contributed by atoms with van der Waals surface area (Å²) in [4.78, 5) is 16.7. The minimum absolute atomic E-state index is 0.240. The van der Waals surface area contributed by atoms with E-state index >= 15 is 0 Å². The van der Waals surface area contributed by atoms with Gasteiger partial charge in [-0.1, -0.05) is 10.8 Å². The second-order valence-corrected chi connectivity index (χ2v) is 6.39. The Kier molecular flexibility index (Phi) is 4.35.